The van der Waals surface area contributed by atoms with Gasteiger partial charge < -0.3 is 30.3 Å². The van der Waals surface area contributed by atoms with E-state index in [1.165, 1.54) is 57.8 Å². The zero-order chi connectivity index (χ0) is 21.6. The average molecular weight is 419 g/mol. The Kier molecular flexibility index (Phi) is 13.9. The number of ketones is 1. The second kappa shape index (κ2) is 15.3. The quantitative estimate of drug-likeness (QED) is 0.243. The molecule has 1 heterocycles. The lowest BCUT2D eigenvalue weighted by atomic mass is 9.92. The SMILES string of the molecule is CCCCCCCCCCCCCCCC(=O)C(O)[C@H]1O[C@@H](O)[C@H](O)[C@@H](O)[C@@H]1O. The minimum Gasteiger partial charge on any atom is -0.387 e. The number of Topliss-reactive ketones (excluding diaryl/α,β-unsaturated/α-hetero) is 1. The van der Waals surface area contributed by atoms with Gasteiger partial charge in [0.15, 0.2) is 12.1 Å². The molecule has 1 rings (SSSR count). The van der Waals surface area contributed by atoms with Gasteiger partial charge in [0.2, 0.25) is 0 Å². The van der Waals surface area contributed by atoms with E-state index in [2.05, 4.69) is 6.92 Å². The van der Waals surface area contributed by atoms with Crippen molar-refractivity contribution in [2.45, 2.75) is 134 Å². The monoisotopic (exact) mass is 418 g/mol. The molecule has 1 unspecified atom stereocenters. The van der Waals surface area contributed by atoms with E-state index in [4.69, 9.17) is 4.74 Å². The van der Waals surface area contributed by atoms with Gasteiger partial charge in [-0.3, -0.25) is 4.79 Å². The summed E-state index contributed by atoms with van der Waals surface area (Å²) < 4.78 is 4.91. The third-order valence-corrected chi connectivity index (χ3v) is 5.79. The number of carbonyl (C=O) groups excluding carboxylic acids is 1. The first kappa shape index (κ1) is 26.5. The van der Waals surface area contributed by atoms with E-state index in [9.17, 15) is 30.3 Å². The normalized spacial score (nSPS) is 28.4. The highest BCUT2D eigenvalue weighted by Gasteiger charge is 2.47. The van der Waals surface area contributed by atoms with Crippen LogP contribution < -0.4 is 0 Å². The molecule has 1 fully saturated rings. The molecule has 0 saturated carbocycles. The largest absolute Gasteiger partial charge is 0.387 e. The van der Waals surface area contributed by atoms with Crippen LogP contribution in [-0.4, -0.2) is 68.1 Å². The van der Waals surface area contributed by atoms with Gasteiger partial charge in [-0.15, -0.1) is 0 Å². The summed E-state index contributed by atoms with van der Waals surface area (Å²) in [4.78, 5) is 12.1. The maximum absolute atomic E-state index is 12.1. The summed E-state index contributed by atoms with van der Waals surface area (Å²) in [6.07, 6.45) is 5.85. The van der Waals surface area contributed by atoms with Crippen LogP contribution in [0.5, 0.6) is 0 Å². The maximum Gasteiger partial charge on any atom is 0.184 e. The number of unbranched alkanes of at least 4 members (excludes halogenated alkanes) is 12. The summed E-state index contributed by atoms with van der Waals surface area (Å²) in [5, 5.41) is 48.6. The molecule has 7 heteroatoms. The third kappa shape index (κ3) is 9.85. The lowest BCUT2D eigenvalue weighted by Gasteiger charge is -2.39. The van der Waals surface area contributed by atoms with Crippen LogP contribution in [0, 0.1) is 0 Å². The molecule has 0 bridgehead atoms. The highest BCUT2D eigenvalue weighted by atomic mass is 16.6. The third-order valence-electron chi connectivity index (χ3n) is 5.79. The molecule has 0 aliphatic carbocycles. The number of aliphatic hydroxyl groups excluding tert-OH is 5. The van der Waals surface area contributed by atoms with Crippen molar-refractivity contribution in [1.82, 2.24) is 0 Å². The Hall–Kier alpha value is -0.570. The molecule has 0 amide bonds. The minimum atomic E-state index is -1.75. The first-order valence-electron chi connectivity index (χ1n) is 11.5. The molecule has 0 spiro atoms. The molecular weight excluding hydrogens is 376 g/mol. The van der Waals surface area contributed by atoms with Crippen molar-refractivity contribution in [3.8, 4) is 0 Å². The highest BCUT2D eigenvalue weighted by molar-refractivity contribution is 5.83. The van der Waals surface area contributed by atoms with Crippen molar-refractivity contribution < 1.29 is 35.1 Å². The first-order valence-corrected chi connectivity index (χ1v) is 11.5. The molecule has 7 nitrogen and oxygen atoms in total. The van der Waals surface area contributed by atoms with E-state index in [0.717, 1.165) is 19.3 Å². The van der Waals surface area contributed by atoms with Crippen molar-refractivity contribution in [2.75, 3.05) is 0 Å². The Morgan fingerprint density at radius 1 is 0.724 bits per heavy atom. The van der Waals surface area contributed by atoms with Gasteiger partial charge >= 0.3 is 0 Å². The fraction of sp³-hybridized carbons (Fsp3) is 0.955. The Morgan fingerprint density at radius 3 is 1.66 bits per heavy atom. The standard InChI is InChI=1S/C22H42O7/c1-2-3-4-5-6-7-8-9-10-11-12-13-14-15-16(23)17(24)21-19(26)18(25)20(27)22(28)29-21/h17-22,24-28H,2-15H2,1H3/t17?,18-,19-,20+,21+,22+/m0/s1. The van der Waals surface area contributed by atoms with Gasteiger partial charge in [0.1, 0.15) is 30.5 Å². The van der Waals surface area contributed by atoms with Gasteiger partial charge in [-0.25, -0.2) is 0 Å². The number of hydrogen-bond acceptors (Lipinski definition) is 7. The molecule has 0 aromatic heterocycles. The van der Waals surface area contributed by atoms with Crippen LogP contribution >= 0.6 is 0 Å². The Labute approximate surface area is 175 Å². The van der Waals surface area contributed by atoms with Crippen molar-refractivity contribution >= 4 is 5.78 Å². The zero-order valence-corrected chi connectivity index (χ0v) is 17.9. The number of rotatable bonds is 16. The van der Waals surface area contributed by atoms with Gasteiger partial charge in [0.25, 0.3) is 0 Å². The van der Waals surface area contributed by atoms with E-state index in [1.807, 2.05) is 0 Å². The maximum atomic E-state index is 12.1. The van der Waals surface area contributed by atoms with Gasteiger partial charge in [-0.05, 0) is 6.42 Å². The van der Waals surface area contributed by atoms with Crippen LogP contribution in [-0.2, 0) is 9.53 Å². The lowest BCUT2D eigenvalue weighted by molar-refractivity contribution is -0.294. The molecule has 0 aromatic carbocycles. The van der Waals surface area contributed by atoms with Crippen LogP contribution in [0.4, 0.5) is 0 Å². The van der Waals surface area contributed by atoms with Gasteiger partial charge in [0.05, 0.1) is 0 Å². The van der Waals surface area contributed by atoms with Gasteiger partial charge in [-0.2, -0.15) is 0 Å². The summed E-state index contributed by atoms with van der Waals surface area (Å²) in [6, 6.07) is 0. The Morgan fingerprint density at radius 2 is 1.17 bits per heavy atom. The summed E-state index contributed by atoms with van der Waals surface area (Å²) in [6.45, 7) is 2.23. The van der Waals surface area contributed by atoms with Crippen LogP contribution in [0.25, 0.3) is 0 Å². The first-order chi connectivity index (χ1) is 13.9. The summed E-state index contributed by atoms with van der Waals surface area (Å²) in [7, 11) is 0. The summed E-state index contributed by atoms with van der Waals surface area (Å²) in [5.41, 5.74) is 0. The molecular formula is C22H42O7. The number of hydrogen-bond donors (Lipinski definition) is 5. The van der Waals surface area contributed by atoms with Crippen LogP contribution in [0.1, 0.15) is 96.8 Å². The van der Waals surface area contributed by atoms with Crippen LogP contribution in [0.3, 0.4) is 0 Å². The number of carbonyl (C=O) groups is 1. The molecule has 29 heavy (non-hydrogen) atoms. The summed E-state index contributed by atoms with van der Waals surface area (Å²) >= 11 is 0. The zero-order valence-electron chi connectivity index (χ0n) is 17.9. The van der Waals surface area contributed by atoms with Crippen LogP contribution in [0.15, 0.2) is 0 Å². The second-order valence-electron chi connectivity index (χ2n) is 8.37. The number of ether oxygens (including phenoxy) is 1. The van der Waals surface area contributed by atoms with E-state index >= 15 is 0 Å². The lowest BCUT2D eigenvalue weighted by Crippen LogP contribution is -2.61. The predicted molar refractivity (Wildman–Crippen MR) is 110 cm³/mol. The van der Waals surface area contributed by atoms with Crippen LogP contribution in [0.2, 0.25) is 0 Å². The molecule has 5 N–H and O–H groups in total. The fourth-order valence-electron chi connectivity index (χ4n) is 3.80. The molecule has 172 valence electrons. The highest BCUT2D eigenvalue weighted by Crippen LogP contribution is 2.23. The van der Waals surface area contributed by atoms with Gasteiger partial charge in [0, 0.05) is 6.42 Å². The van der Waals surface area contributed by atoms with E-state index < -0.39 is 42.6 Å². The molecule has 1 aliphatic rings. The second-order valence-corrected chi connectivity index (χ2v) is 8.37. The van der Waals surface area contributed by atoms with E-state index in [1.54, 1.807) is 0 Å². The van der Waals surface area contributed by atoms with E-state index in [-0.39, 0.29) is 6.42 Å². The van der Waals surface area contributed by atoms with E-state index in [0.29, 0.717) is 6.42 Å². The Bertz CT molecular complexity index is 431. The van der Waals surface area contributed by atoms with Crippen molar-refractivity contribution in [2.24, 2.45) is 0 Å². The van der Waals surface area contributed by atoms with Crippen molar-refractivity contribution in [3.05, 3.63) is 0 Å². The van der Waals surface area contributed by atoms with Crippen molar-refractivity contribution in [3.63, 3.8) is 0 Å². The molecule has 1 saturated heterocycles. The molecule has 6 atom stereocenters. The molecule has 1 aliphatic heterocycles. The smallest absolute Gasteiger partial charge is 0.184 e. The summed E-state index contributed by atoms with van der Waals surface area (Å²) in [5.74, 6) is -0.493. The topological polar surface area (TPSA) is 127 Å². The van der Waals surface area contributed by atoms with Gasteiger partial charge in [-0.1, -0.05) is 84.0 Å². The average Bonchev–Trinajstić information content (AvgIpc) is 2.71. The van der Waals surface area contributed by atoms with Crippen molar-refractivity contribution in [1.29, 1.82) is 0 Å². The predicted octanol–water partition coefficient (Wildman–Crippen LogP) is 2.20. The molecule has 0 aromatic rings. The number of aliphatic hydroxyl groups is 5. The minimum absolute atomic E-state index is 0.153. The fourth-order valence-corrected chi connectivity index (χ4v) is 3.80. The Balaban J connectivity index is 2.05. The molecule has 0 radical (unpaired) electrons.